The van der Waals surface area contributed by atoms with Crippen molar-refractivity contribution in [3.05, 3.63) is 0 Å². The molecule has 120 valence electrons. The van der Waals surface area contributed by atoms with Crippen LogP contribution in [0, 0.1) is 5.92 Å². The predicted octanol–water partition coefficient (Wildman–Crippen LogP) is 0.310. The lowest BCUT2D eigenvalue weighted by Gasteiger charge is -2.43. The largest absolute Gasteiger partial charge is 0.379 e. The van der Waals surface area contributed by atoms with Crippen molar-refractivity contribution in [2.45, 2.75) is 24.8 Å². The second-order valence-electron chi connectivity index (χ2n) is 6.48. The van der Waals surface area contributed by atoms with Gasteiger partial charge in [-0.05, 0) is 37.5 Å². The third-order valence-electron chi connectivity index (χ3n) is 4.79. The van der Waals surface area contributed by atoms with E-state index in [0.29, 0.717) is 6.54 Å². The van der Waals surface area contributed by atoms with Gasteiger partial charge in [-0.2, -0.15) is 11.8 Å². The highest BCUT2D eigenvalue weighted by molar-refractivity contribution is 7.99. The topological polar surface area (TPSA) is 53.6 Å². The summed E-state index contributed by atoms with van der Waals surface area (Å²) in [6.07, 6.45) is 3.82. The van der Waals surface area contributed by atoms with Crippen molar-refractivity contribution in [1.29, 1.82) is 0 Å². The highest BCUT2D eigenvalue weighted by Crippen LogP contribution is 2.33. The van der Waals surface area contributed by atoms with E-state index < -0.39 is 0 Å². The molecule has 3 rings (SSSR count). The van der Waals surface area contributed by atoms with Gasteiger partial charge < -0.3 is 15.4 Å². The van der Waals surface area contributed by atoms with Crippen LogP contribution in [0.4, 0.5) is 0 Å². The Morgan fingerprint density at radius 1 is 1.33 bits per heavy atom. The van der Waals surface area contributed by atoms with E-state index in [9.17, 15) is 4.79 Å². The van der Waals surface area contributed by atoms with Crippen molar-refractivity contribution in [1.82, 2.24) is 15.5 Å². The highest BCUT2D eigenvalue weighted by atomic mass is 32.2. The lowest BCUT2D eigenvalue weighted by atomic mass is 9.95. The van der Waals surface area contributed by atoms with E-state index in [2.05, 4.69) is 15.5 Å². The van der Waals surface area contributed by atoms with Gasteiger partial charge in [-0.15, -0.1) is 0 Å². The van der Waals surface area contributed by atoms with E-state index in [-0.39, 0.29) is 11.4 Å². The minimum absolute atomic E-state index is 0.139. The summed E-state index contributed by atoms with van der Waals surface area (Å²) < 4.78 is 5.47. The Labute approximate surface area is 131 Å². The molecule has 2 heterocycles. The molecule has 1 aliphatic carbocycles. The SMILES string of the molecule is O=C(CNCC1CC1)NCC1(N2CCOCC2)CCSC1. The fourth-order valence-corrected chi connectivity index (χ4v) is 4.65. The number of nitrogens with zero attached hydrogens (tertiary/aromatic N) is 1. The third-order valence-corrected chi connectivity index (χ3v) is 6.03. The lowest BCUT2D eigenvalue weighted by Crippen LogP contribution is -2.59. The molecule has 3 fully saturated rings. The van der Waals surface area contributed by atoms with Crippen LogP contribution < -0.4 is 10.6 Å². The van der Waals surface area contributed by atoms with E-state index in [1.807, 2.05) is 11.8 Å². The summed E-state index contributed by atoms with van der Waals surface area (Å²) in [6.45, 7) is 5.88. The molecule has 5 nitrogen and oxygen atoms in total. The van der Waals surface area contributed by atoms with Crippen molar-refractivity contribution in [3.8, 4) is 0 Å². The van der Waals surface area contributed by atoms with E-state index in [1.165, 1.54) is 25.0 Å². The van der Waals surface area contributed by atoms with Crippen LogP contribution in [-0.4, -0.2) is 73.8 Å². The Kier molecular flexibility index (Phi) is 5.43. The molecular formula is C15H27N3O2S. The number of ether oxygens (including phenoxy) is 1. The summed E-state index contributed by atoms with van der Waals surface area (Å²) >= 11 is 2.01. The number of rotatable bonds is 7. The highest BCUT2D eigenvalue weighted by Gasteiger charge is 2.40. The monoisotopic (exact) mass is 313 g/mol. The Morgan fingerprint density at radius 2 is 2.14 bits per heavy atom. The molecular weight excluding hydrogens is 286 g/mol. The van der Waals surface area contributed by atoms with Crippen LogP contribution in [0.25, 0.3) is 0 Å². The maximum atomic E-state index is 12.0. The fraction of sp³-hybridized carbons (Fsp3) is 0.933. The summed E-state index contributed by atoms with van der Waals surface area (Å²) in [4.78, 5) is 14.5. The minimum atomic E-state index is 0.139. The molecule has 21 heavy (non-hydrogen) atoms. The average molecular weight is 313 g/mol. The van der Waals surface area contributed by atoms with Gasteiger partial charge >= 0.3 is 0 Å². The number of nitrogens with one attached hydrogen (secondary N) is 2. The average Bonchev–Trinajstić information content (AvgIpc) is 3.22. The second-order valence-corrected chi connectivity index (χ2v) is 7.58. The van der Waals surface area contributed by atoms with Crippen molar-refractivity contribution in [2.75, 3.05) is 57.4 Å². The molecule has 0 bridgehead atoms. The van der Waals surface area contributed by atoms with Crippen molar-refractivity contribution in [2.24, 2.45) is 5.92 Å². The van der Waals surface area contributed by atoms with Gasteiger partial charge in [0.25, 0.3) is 0 Å². The summed E-state index contributed by atoms with van der Waals surface area (Å²) in [6, 6.07) is 0. The van der Waals surface area contributed by atoms with Crippen LogP contribution in [0.2, 0.25) is 0 Å². The van der Waals surface area contributed by atoms with E-state index >= 15 is 0 Å². The zero-order chi connectivity index (χ0) is 14.5. The number of carbonyl (C=O) groups is 1. The molecule has 3 aliphatic rings. The first kappa shape index (κ1) is 15.6. The first-order valence-electron chi connectivity index (χ1n) is 8.16. The zero-order valence-corrected chi connectivity index (χ0v) is 13.6. The van der Waals surface area contributed by atoms with Crippen LogP contribution in [0.5, 0.6) is 0 Å². The van der Waals surface area contributed by atoms with Gasteiger partial charge in [0.2, 0.25) is 5.91 Å². The normalized spacial score (nSPS) is 30.5. The minimum Gasteiger partial charge on any atom is -0.379 e. The maximum absolute atomic E-state index is 12.0. The molecule has 6 heteroatoms. The Morgan fingerprint density at radius 3 is 2.81 bits per heavy atom. The van der Waals surface area contributed by atoms with Crippen molar-refractivity contribution >= 4 is 17.7 Å². The standard InChI is InChI=1S/C15H27N3O2S/c19-14(10-16-9-13-1-2-13)17-11-15(3-8-21-12-15)18-4-6-20-7-5-18/h13,16H,1-12H2,(H,17,19). The number of thioether (sulfide) groups is 1. The number of morpholine rings is 1. The first-order valence-corrected chi connectivity index (χ1v) is 9.32. The Hall–Kier alpha value is -0.300. The van der Waals surface area contributed by atoms with Crippen molar-refractivity contribution in [3.63, 3.8) is 0 Å². The maximum Gasteiger partial charge on any atom is 0.234 e. The molecule has 1 saturated carbocycles. The van der Waals surface area contributed by atoms with Crippen LogP contribution in [0.3, 0.4) is 0 Å². The van der Waals surface area contributed by atoms with Crippen LogP contribution in [0.1, 0.15) is 19.3 Å². The van der Waals surface area contributed by atoms with E-state index in [0.717, 1.165) is 51.1 Å². The molecule has 0 aromatic rings. The Bertz CT molecular complexity index is 351. The summed E-state index contributed by atoms with van der Waals surface area (Å²) in [7, 11) is 0. The lowest BCUT2D eigenvalue weighted by molar-refractivity contribution is -0.121. The van der Waals surface area contributed by atoms with Gasteiger partial charge in [0.05, 0.1) is 19.8 Å². The molecule has 0 spiro atoms. The van der Waals surface area contributed by atoms with Gasteiger partial charge in [-0.25, -0.2) is 0 Å². The van der Waals surface area contributed by atoms with Gasteiger partial charge in [-0.3, -0.25) is 9.69 Å². The molecule has 2 aliphatic heterocycles. The smallest absolute Gasteiger partial charge is 0.234 e. The molecule has 0 radical (unpaired) electrons. The zero-order valence-electron chi connectivity index (χ0n) is 12.7. The van der Waals surface area contributed by atoms with Gasteiger partial charge in [-0.1, -0.05) is 0 Å². The van der Waals surface area contributed by atoms with Crippen LogP contribution >= 0.6 is 11.8 Å². The molecule has 2 saturated heterocycles. The Balaban J connectivity index is 1.44. The quantitative estimate of drug-likeness (QED) is 0.708. The van der Waals surface area contributed by atoms with Crippen LogP contribution in [-0.2, 0) is 9.53 Å². The first-order chi connectivity index (χ1) is 10.3. The second kappa shape index (κ2) is 7.31. The van der Waals surface area contributed by atoms with E-state index in [4.69, 9.17) is 4.74 Å². The molecule has 0 aromatic carbocycles. The number of hydrogen-bond acceptors (Lipinski definition) is 5. The number of amides is 1. The summed E-state index contributed by atoms with van der Waals surface area (Å²) in [5.74, 6) is 3.29. The molecule has 1 amide bonds. The van der Waals surface area contributed by atoms with Crippen LogP contribution in [0.15, 0.2) is 0 Å². The number of carbonyl (C=O) groups excluding carboxylic acids is 1. The summed E-state index contributed by atoms with van der Waals surface area (Å²) in [5, 5.41) is 6.42. The molecule has 2 N–H and O–H groups in total. The van der Waals surface area contributed by atoms with Gasteiger partial charge in [0, 0.05) is 30.9 Å². The van der Waals surface area contributed by atoms with Crippen molar-refractivity contribution < 1.29 is 9.53 Å². The van der Waals surface area contributed by atoms with E-state index in [1.54, 1.807) is 0 Å². The van der Waals surface area contributed by atoms with Gasteiger partial charge in [0.15, 0.2) is 0 Å². The van der Waals surface area contributed by atoms with Gasteiger partial charge in [0.1, 0.15) is 0 Å². The fourth-order valence-electron chi connectivity index (χ4n) is 3.17. The summed E-state index contributed by atoms with van der Waals surface area (Å²) in [5.41, 5.74) is 0.153. The predicted molar refractivity (Wildman–Crippen MR) is 85.7 cm³/mol. The molecule has 0 aromatic heterocycles. The number of hydrogen-bond donors (Lipinski definition) is 2. The molecule has 1 unspecified atom stereocenters. The molecule has 1 atom stereocenters. The third kappa shape index (κ3) is 4.34.